The van der Waals surface area contributed by atoms with Gasteiger partial charge in [-0.1, -0.05) is 0 Å². The summed E-state index contributed by atoms with van der Waals surface area (Å²) in [4.78, 5) is 4.47. The van der Waals surface area contributed by atoms with Gasteiger partial charge in [-0.3, -0.25) is 0 Å². The highest BCUT2D eigenvalue weighted by Gasteiger charge is 2.14. The van der Waals surface area contributed by atoms with Crippen LogP contribution in [0.25, 0.3) is 10.6 Å². The summed E-state index contributed by atoms with van der Waals surface area (Å²) < 4.78 is 10.6. The summed E-state index contributed by atoms with van der Waals surface area (Å²) in [5.41, 5.74) is 2.06. The zero-order chi connectivity index (χ0) is 11.0. The van der Waals surface area contributed by atoms with Gasteiger partial charge < -0.3 is 9.47 Å². The molecule has 0 saturated heterocycles. The minimum atomic E-state index is 0.304. The molecule has 1 aromatic heterocycles. The Morgan fingerprint density at radius 3 is 3.00 bits per heavy atom. The van der Waals surface area contributed by atoms with Gasteiger partial charge in [0.05, 0.1) is 5.69 Å². The number of nitrogens with zero attached hydrogens (tertiary/aromatic N) is 1. The molecule has 2 heterocycles. The molecule has 82 valence electrons. The number of aromatic nitrogens is 1. The maximum Gasteiger partial charge on any atom is 0.231 e. The van der Waals surface area contributed by atoms with E-state index in [0.717, 1.165) is 27.8 Å². The predicted octanol–water partition coefficient (Wildman–Crippen LogP) is 2.97. The van der Waals surface area contributed by atoms with Gasteiger partial charge in [-0.2, -0.15) is 12.6 Å². The third-order valence-corrected chi connectivity index (χ3v) is 3.60. The summed E-state index contributed by atoms with van der Waals surface area (Å²) in [5.74, 6) is 2.26. The normalized spacial score (nSPS) is 13.1. The molecule has 0 spiro atoms. The first-order valence-electron chi connectivity index (χ1n) is 4.82. The van der Waals surface area contributed by atoms with E-state index in [-0.39, 0.29) is 0 Å². The van der Waals surface area contributed by atoms with Crippen LogP contribution in [0.5, 0.6) is 11.5 Å². The highest BCUT2D eigenvalue weighted by Crippen LogP contribution is 2.36. The molecule has 1 aliphatic heterocycles. The number of fused-ring (bicyclic) bond motifs is 1. The zero-order valence-electron chi connectivity index (χ0n) is 8.34. The average Bonchev–Trinajstić information content (AvgIpc) is 2.96. The third-order valence-electron chi connectivity index (χ3n) is 2.33. The smallest absolute Gasteiger partial charge is 0.231 e. The van der Waals surface area contributed by atoms with Crippen LogP contribution < -0.4 is 9.47 Å². The summed E-state index contributed by atoms with van der Waals surface area (Å²) in [6.07, 6.45) is 0. The quantitative estimate of drug-likeness (QED) is 0.833. The summed E-state index contributed by atoms with van der Waals surface area (Å²) in [6.45, 7) is 0.304. The molecule has 3 nitrogen and oxygen atoms in total. The monoisotopic (exact) mass is 251 g/mol. The molecule has 16 heavy (non-hydrogen) atoms. The Morgan fingerprint density at radius 2 is 2.19 bits per heavy atom. The first-order valence-corrected chi connectivity index (χ1v) is 6.33. The Kier molecular flexibility index (Phi) is 2.49. The molecule has 0 bridgehead atoms. The summed E-state index contributed by atoms with van der Waals surface area (Å²) in [7, 11) is 0. The lowest BCUT2D eigenvalue weighted by Gasteiger charge is -1.98. The zero-order valence-corrected chi connectivity index (χ0v) is 10.1. The molecule has 0 N–H and O–H groups in total. The van der Waals surface area contributed by atoms with Crippen molar-refractivity contribution in [1.29, 1.82) is 0 Å². The van der Waals surface area contributed by atoms with Crippen molar-refractivity contribution in [3.05, 3.63) is 29.3 Å². The van der Waals surface area contributed by atoms with Gasteiger partial charge in [-0.15, -0.1) is 11.3 Å². The molecule has 0 radical (unpaired) electrons. The van der Waals surface area contributed by atoms with Gasteiger partial charge >= 0.3 is 0 Å². The van der Waals surface area contributed by atoms with E-state index >= 15 is 0 Å². The Labute approximate surface area is 102 Å². The molecule has 5 heteroatoms. The van der Waals surface area contributed by atoms with Crippen molar-refractivity contribution in [3.63, 3.8) is 0 Å². The van der Waals surface area contributed by atoms with E-state index in [1.807, 2.05) is 23.6 Å². The molecule has 3 rings (SSSR count). The van der Waals surface area contributed by atoms with Crippen LogP contribution in [-0.4, -0.2) is 11.8 Å². The molecule has 2 aromatic rings. The Balaban J connectivity index is 2.00. The van der Waals surface area contributed by atoms with Crippen molar-refractivity contribution in [2.24, 2.45) is 0 Å². The number of benzene rings is 1. The lowest BCUT2D eigenvalue weighted by atomic mass is 10.2. The van der Waals surface area contributed by atoms with Gasteiger partial charge in [-0.25, -0.2) is 4.98 Å². The standard InChI is InChI=1S/C11H9NO2S2/c15-4-8-5-16-11(12-8)7-1-2-9-10(3-7)14-6-13-9/h1-3,5,15H,4,6H2. The van der Waals surface area contributed by atoms with Gasteiger partial charge in [0, 0.05) is 16.7 Å². The highest BCUT2D eigenvalue weighted by molar-refractivity contribution is 7.79. The molecular formula is C11H9NO2S2. The number of hydrogen-bond acceptors (Lipinski definition) is 5. The van der Waals surface area contributed by atoms with Crippen LogP contribution in [0.1, 0.15) is 5.69 Å². The molecule has 0 unspecified atom stereocenters. The minimum Gasteiger partial charge on any atom is -0.454 e. The lowest BCUT2D eigenvalue weighted by molar-refractivity contribution is 0.174. The molecule has 0 aliphatic carbocycles. The van der Waals surface area contributed by atoms with Crippen LogP contribution >= 0.6 is 24.0 Å². The average molecular weight is 251 g/mol. The Morgan fingerprint density at radius 1 is 1.31 bits per heavy atom. The molecule has 1 aliphatic rings. The second-order valence-corrected chi connectivity index (χ2v) is 4.54. The largest absolute Gasteiger partial charge is 0.454 e. The number of ether oxygens (including phenoxy) is 2. The van der Waals surface area contributed by atoms with Gasteiger partial charge in [0.1, 0.15) is 5.01 Å². The van der Waals surface area contributed by atoms with E-state index in [0.29, 0.717) is 12.5 Å². The fraction of sp³-hybridized carbons (Fsp3) is 0.182. The van der Waals surface area contributed by atoms with Crippen molar-refractivity contribution >= 4 is 24.0 Å². The van der Waals surface area contributed by atoms with E-state index in [4.69, 9.17) is 9.47 Å². The molecule has 0 amide bonds. The maximum atomic E-state index is 5.33. The minimum absolute atomic E-state index is 0.304. The SMILES string of the molecule is SCc1csc(-c2ccc3c(c2)OCO3)n1. The van der Waals surface area contributed by atoms with Crippen molar-refractivity contribution in [1.82, 2.24) is 4.98 Å². The molecule has 0 saturated carbocycles. The van der Waals surface area contributed by atoms with E-state index in [1.165, 1.54) is 0 Å². The van der Waals surface area contributed by atoms with Crippen molar-refractivity contribution in [3.8, 4) is 22.1 Å². The Hall–Kier alpha value is -1.20. The van der Waals surface area contributed by atoms with E-state index in [1.54, 1.807) is 11.3 Å². The summed E-state index contributed by atoms with van der Waals surface area (Å²) in [6, 6.07) is 5.87. The number of hydrogen-bond donors (Lipinski definition) is 1. The van der Waals surface area contributed by atoms with Crippen LogP contribution in [0.15, 0.2) is 23.6 Å². The predicted molar refractivity (Wildman–Crippen MR) is 66.4 cm³/mol. The van der Waals surface area contributed by atoms with Crippen molar-refractivity contribution in [2.75, 3.05) is 6.79 Å². The molecule has 0 atom stereocenters. The lowest BCUT2D eigenvalue weighted by Crippen LogP contribution is -1.92. The van der Waals surface area contributed by atoms with Crippen LogP contribution in [0, 0.1) is 0 Å². The maximum absolute atomic E-state index is 5.33. The summed E-state index contributed by atoms with van der Waals surface area (Å²) in [5, 5.41) is 3.01. The highest BCUT2D eigenvalue weighted by atomic mass is 32.1. The number of thiol groups is 1. The second kappa shape index (κ2) is 3.99. The Bertz CT molecular complexity index is 524. The van der Waals surface area contributed by atoms with Crippen LogP contribution in [0.3, 0.4) is 0 Å². The third kappa shape index (κ3) is 1.66. The van der Waals surface area contributed by atoms with E-state index < -0.39 is 0 Å². The van der Waals surface area contributed by atoms with Gasteiger partial charge in [0.15, 0.2) is 11.5 Å². The van der Waals surface area contributed by atoms with Crippen LogP contribution in [0.2, 0.25) is 0 Å². The van der Waals surface area contributed by atoms with Crippen LogP contribution in [0.4, 0.5) is 0 Å². The van der Waals surface area contributed by atoms with Crippen molar-refractivity contribution < 1.29 is 9.47 Å². The van der Waals surface area contributed by atoms with E-state index in [2.05, 4.69) is 17.6 Å². The molecular weight excluding hydrogens is 242 g/mol. The molecule has 1 aromatic carbocycles. The van der Waals surface area contributed by atoms with Gasteiger partial charge in [0.25, 0.3) is 0 Å². The second-order valence-electron chi connectivity index (χ2n) is 3.37. The molecule has 0 fully saturated rings. The fourth-order valence-electron chi connectivity index (χ4n) is 1.54. The number of rotatable bonds is 2. The van der Waals surface area contributed by atoms with Crippen molar-refractivity contribution in [2.45, 2.75) is 5.75 Å². The first-order chi connectivity index (χ1) is 7.86. The van der Waals surface area contributed by atoms with Gasteiger partial charge in [0.2, 0.25) is 6.79 Å². The first kappa shape index (κ1) is 9.99. The topological polar surface area (TPSA) is 31.4 Å². The van der Waals surface area contributed by atoms with Crippen LogP contribution in [-0.2, 0) is 5.75 Å². The van der Waals surface area contributed by atoms with Gasteiger partial charge in [-0.05, 0) is 18.2 Å². The fourth-order valence-corrected chi connectivity index (χ4v) is 2.64. The summed E-state index contributed by atoms with van der Waals surface area (Å²) >= 11 is 5.82. The number of thiazole rings is 1. The van der Waals surface area contributed by atoms with E-state index in [9.17, 15) is 0 Å².